The van der Waals surface area contributed by atoms with E-state index in [0.717, 1.165) is 4.47 Å². The quantitative estimate of drug-likeness (QED) is 0.799. The van der Waals surface area contributed by atoms with E-state index in [2.05, 4.69) is 15.9 Å². The number of anilines is 1. The van der Waals surface area contributed by atoms with Crippen LogP contribution in [-0.4, -0.2) is 24.8 Å². The zero-order valence-electron chi connectivity index (χ0n) is 9.65. The molecule has 1 heterocycles. The predicted molar refractivity (Wildman–Crippen MR) is 72.0 cm³/mol. The van der Waals surface area contributed by atoms with Gasteiger partial charge in [-0.3, -0.25) is 9.59 Å². The number of amides is 1. The Kier molecular flexibility index (Phi) is 3.92. The molecule has 1 amide bonds. The van der Waals surface area contributed by atoms with Crippen molar-refractivity contribution < 1.29 is 14.3 Å². The van der Waals surface area contributed by atoms with Crippen molar-refractivity contribution in [3.05, 3.63) is 22.7 Å². The Balaban J connectivity index is 2.32. The van der Waals surface area contributed by atoms with Gasteiger partial charge < -0.3 is 9.64 Å². The average Bonchev–Trinajstić information content (AvgIpc) is 2.71. The minimum atomic E-state index is -0.470. The summed E-state index contributed by atoms with van der Waals surface area (Å²) >= 11 is 8.78. The van der Waals surface area contributed by atoms with Gasteiger partial charge in [0.05, 0.1) is 18.7 Å². The van der Waals surface area contributed by atoms with Gasteiger partial charge in [-0.25, -0.2) is 0 Å². The average molecular weight is 333 g/mol. The largest absolute Gasteiger partial charge is 0.495 e. The van der Waals surface area contributed by atoms with Crippen molar-refractivity contribution in [2.45, 2.75) is 6.42 Å². The smallest absolute Gasteiger partial charge is 0.227 e. The van der Waals surface area contributed by atoms with Crippen molar-refractivity contribution in [3.8, 4) is 5.75 Å². The standard InChI is InChI=1S/C12H11BrClNO3/c1-18-10-5-8(13)2-3-9(10)15-6-7(12(14)17)4-11(15)16/h2-3,5,7H,4,6H2,1H3/t7-/m1/s1. The lowest BCUT2D eigenvalue weighted by atomic mass is 10.1. The summed E-state index contributed by atoms with van der Waals surface area (Å²) < 4.78 is 6.10. The first-order valence-corrected chi connectivity index (χ1v) is 6.53. The van der Waals surface area contributed by atoms with Gasteiger partial charge in [0.1, 0.15) is 5.75 Å². The van der Waals surface area contributed by atoms with Gasteiger partial charge in [-0.2, -0.15) is 0 Å². The number of benzene rings is 1. The Bertz CT molecular complexity index is 506. The molecule has 0 aliphatic carbocycles. The highest BCUT2D eigenvalue weighted by Gasteiger charge is 2.35. The van der Waals surface area contributed by atoms with Crippen LogP contribution in [0.1, 0.15) is 6.42 Å². The lowest BCUT2D eigenvalue weighted by Crippen LogP contribution is -2.25. The molecule has 1 saturated heterocycles. The maximum atomic E-state index is 11.9. The lowest BCUT2D eigenvalue weighted by molar-refractivity contribution is -0.120. The second-order valence-corrected chi connectivity index (χ2v) is 5.31. The predicted octanol–water partition coefficient (Wildman–Crippen LogP) is 2.58. The SMILES string of the molecule is COc1cc(Br)ccc1N1C[C@H](C(=O)Cl)CC1=O. The summed E-state index contributed by atoms with van der Waals surface area (Å²) in [5, 5.41) is -0.470. The van der Waals surface area contributed by atoms with Crippen LogP contribution in [0.4, 0.5) is 5.69 Å². The molecule has 1 aromatic rings. The first-order chi connectivity index (χ1) is 8.52. The number of rotatable bonds is 3. The molecule has 18 heavy (non-hydrogen) atoms. The van der Waals surface area contributed by atoms with E-state index in [1.807, 2.05) is 6.07 Å². The molecule has 0 spiro atoms. The second-order valence-electron chi connectivity index (χ2n) is 4.03. The van der Waals surface area contributed by atoms with Crippen LogP contribution in [0.3, 0.4) is 0 Å². The second kappa shape index (κ2) is 5.28. The van der Waals surface area contributed by atoms with Crippen molar-refractivity contribution in [1.29, 1.82) is 0 Å². The van der Waals surface area contributed by atoms with Crippen LogP contribution < -0.4 is 9.64 Å². The minimum absolute atomic E-state index is 0.116. The normalized spacial score (nSPS) is 19.2. The lowest BCUT2D eigenvalue weighted by Gasteiger charge is -2.19. The molecule has 0 N–H and O–H groups in total. The van der Waals surface area contributed by atoms with Crippen molar-refractivity contribution >= 4 is 44.4 Å². The van der Waals surface area contributed by atoms with Crippen LogP contribution in [0.25, 0.3) is 0 Å². The summed E-state index contributed by atoms with van der Waals surface area (Å²) in [5.74, 6) is 0.0301. The molecule has 96 valence electrons. The van der Waals surface area contributed by atoms with Crippen LogP contribution in [0.5, 0.6) is 5.75 Å². The molecule has 0 unspecified atom stereocenters. The molecule has 1 aliphatic rings. The van der Waals surface area contributed by atoms with Gasteiger partial charge in [0.25, 0.3) is 0 Å². The summed E-state index contributed by atoms with van der Waals surface area (Å²) in [6, 6.07) is 5.38. The monoisotopic (exact) mass is 331 g/mol. The van der Waals surface area contributed by atoms with E-state index < -0.39 is 11.2 Å². The zero-order valence-corrected chi connectivity index (χ0v) is 12.0. The first kappa shape index (κ1) is 13.4. The molecule has 0 aromatic heterocycles. The van der Waals surface area contributed by atoms with E-state index in [0.29, 0.717) is 18.0 Å². The minimum Gasteiger partial charge on any atom is -0.495 e. The van der Waals surface area contributed by atoms with Crippen LogP contribution in [-0.2, 0) is 9.59 Å². The fourth-order valence-electron chi connectivity index (χ4n) is 1.97. The molecule has 0 radical (unpaired) electrons. The number of ether oxygens (including phenoxy) is 1. The van der Waals surface area contributed by atoms with Gasteiger partial charge >= 0.3 is 0 Å². The molecular weight excluding hydrogens is 321 g/mol. The Morgan fingerprint density at radius 2 is 2.28 bits per heavy atom. The molecule has 4 nitrogen and oxygen atoms in total. The molecule has 0 bridgehead atoms. The third-order valence-corrected chi connectivity index (χ3v) is 3.68. The number of nitrogens with zero attached hydrogens (tertiary/aromatic N) is 1. The zero-order chi connectivity index (χ0) is 13.3. The highest BCUT2D eigenvalue weighted by atomic mass is 79.9. The van der Waals surface area contributed by atoms with Crippen LogP contribution in [0.2, 0.25) is 0 Å². The molecule has 2 rings (SSSR count). The highest BCUT2D eigenvalue weighted by molar-refractivity contribution is 9.10. The van der Waals surface area contributed by atoms with E-state index in [1.54, 1.807) is 12.1 Å². The van der Waals surface area contributed by atoms with E-state index in [-0.39, 0.29) is 12.3 Å². The van der Waals surface area contributed by atoms with E-state index >= 15 is 0 Å². The van der Waals surface area contributed by atoms with E-state index in [1.165, 1.54) is 12.0 Å². The highest BCUT2D eigenvalue weighted by Crippen LogP contribution is 2.35. The molecule has 1 aliphatic heterocycles. The van der Waals surface area contributed by atoms with Gasteiger partial charge in [0.2, 0.25) is 11.1 Å². The summed E-state index contributed by atoms with van der Waals surface area (Å²) in [6.45, 7) is 0.305. The van der Waals surface area contributed by atoms with Crippen molar-refractivity contribution in [3.63, 3.8) is 0 Å². The molecule has 0 saturated carbocycles. The van der Waals surface area contributed by atoms with Gasteiger partial charge in [-0.05, 0) is 29.8 Å². The number of carbonyl (C=O) groups excluding carboxylic acids is 2. The Morgan fingerprint density at radius 3 is 2.83 bits per heavy atom. The topological polar surface area (TPSA) is 46.6 Å². The molecular formula is C12H11BrClNO3. The molecule has 6 heteroatoms. The fourth-order valence-corrected chi connectivity index (χ4v) is 2.45. The Morgan fingerprint density at radius 1 is 1.56 bits per heavy atom. The van der Waals surface area contributed by atoms with Crippen LogP contribution in [0.15, 0.2) is 22.7 Å². The molecule has 1 fully saturated rings. The third kappa shape index (κ3) is 2.52. The summed E-state index contributed by atoms with van der Waals surface area (Å²) in [5.41, 5.74) is 0.658. The molecule has 1 atom stereocenters. The maximum Gasteiger partial charge on any atom is 0.227 e. The van der Waals surface area contributed by atoms with Crippen molar-refractivity contribution in [1.82, 2.24) is 0 Å². The number of halogens is 2. The van der Waals surface area contributed by atoms with Crippen molar-refractivity contribution in [2.24, 2.45) is 5.92 Å². The number of methoxy groups -OCH3 is 1. The number of carbonyl (C=O) groups is 2. The van der Waals surface area contributed by atoms with Crippen LogP contribution >= 0.6 is 27.5 Å². The first-order valence-electron chi connectivity index (χ1n) is 5.36. The van der Waals surface area contributed by atoms with Gasteiger partial charge in [-0.1, -0.05) is 15.9 Å². The summed E-state index contributed by atoms with van der Waals surface area (Å²) in [7, 11) is 1.54. The van der Waals surface area contributed by atoms with Gasteiger partial charge in [0.15, 0.2) is 0 Å². The van der Waals surface area contributed by atoms with Gasteiger partial charge in [0, 0.05) is 17.4 Å². The third-order valence-electron chi connectivity index (χ3n) is 2.88. The molecule has 1 aromatic carbocycles. The Labute approximate surface area is 118 Å². The summed E-state index contributed by atoms with van der Waals surface area (Å²) in [6.07, 6.45) is 0.154. The van der Waals surface area contributed by atoms with Crippen molar-refractivity contribution in [2.75, 3.05) is 18.6 Å². The Hall–Kier alpha value is -1.07. The number of hydrogen-bond acceptors (Lipinski definition) is 3. The maximum absolute atomic E-state index is 11.9. The number of hydrogen-bond donors (Lipinski definition) is 0. The fraction of sp³-hybridized carbons (Fsp3) is 0.333. The van der Waals surface area contributed by atoms with Gasteiger partial charge in [-0.15, -0.1) is 0 Å². The van der Waals surface area contributed by atoms with E-state index in [9.17, 15) is 9.59 Å². The van der Waals surface area contributed by atoms with E-state index in [4.69, 9.17) is 16.3 Å². The summed E-state index contributed by atoms with van der Waals surface area (Å²) in [4.78, 5) is 24.6. The van der Waals surface area contributed by atoms with Crippen LogP contribution in [0, 0.1) is 5.92 Å².